The number of hydrogen-bond acceptors (Lipinski definition) is 5. The Bertz CT molecular complexity index is 654. The van der Waals surface area contributed by atoms with Crippen molar-refractivity contribution in [1.82, 2.24) is 20.0 Å². The number of carbonyl (C=O) groups is 5. The molecule has 0 atom stereocenters. The minimum atomic E-state index is -0.497. The van der Waals surface area contributed by atoms with Crippen molar-refractivity contribution in [1.29, 1.82) is 0 Å². The highest BCUT2D eigenvalue weighted by atomic mass is 16.2. The first-order valence-corrected chi connectivity index (χ1v) is 8.92. The molecule has 0 aromatic carbocycles. The van der Waals surface area contributed by atoms with E-state index in [1.807, 2.05) is 20.8 Å². The Kier molecular flexibility index (Phi) is 6.35. The lowest BCUT2D eigenvalue weighted by atomic mass is 9.97. The molecular formula is C18H26N4O5. The zero-order valence-corrected chi connectivity index (χ0v) is 16.0. The maximum atomic E-state index is 12.3. The van der Waals surface area contributed by atoms with Gasteiger partial charge in [-0.3, -0.25) is 28.9 Å². The van der Waals surface area contributed by atoms with Gasteiger partial charge in [0.1, 0.15) is 13.0 Å². The summed E-state index contributed by atoms with van der Waals surface area (Å²) >= 11 is 0. The van der Waals surface area contributed by atoms with E-state index in [0.29, 0.717) is 32.7 Å². The van der Waals surface area contributed by atoms with E-state index in [9.17, 15) is 24.0 Å². The molecule has 2 aliphatic rings. The molecule has 5 amide bonds. The predicted octanol–water partition coefficient (Wildman–Crippen LogP) is -0.865. The number of piperazine rings is 1. The quantitative estimate of drug-likeness (QED) is 0.495. The van der Waals surface area contributed by atoms with Gasteiger partial charge in [0.05, 0.1) is 0 Å². The van der Waals surface area contributed by atoms with E-state index < -0.39 is 11.8 Å². The second kappa shape index (κ2) is 8.32. The van der Waals surface area contributed by atoms with E-state index in [2.05, 4.69) is 5.32 Å². The summed E-state index contributed by atoms with van der Waals surface area (Å²) < 4.78 is 0. The molecule has 0 radical (unpaired) electrons. The summed E-state index contributed by atoms with van der Waals surface area (Å²) in [6, 6.07) is 0. The molecule has 9 heteroatoms. The second-order valence-corrected chi connectivity index (χ2v) is 7.87. The Morgan fingerprint density at radius 2 is 1.41 bits per heavy atom. The van der Waals surface area contributed by atoms with Crippen molar-refractivity contribution in [3.63, 3.8) is 0 Å². The lowest BCUT2D eigenvalue weighted by molar-refractivity contribution is -0.146. The van der Waals surface area contributed by atoms with E-state index in [1.165, 1.54) is 4.90 Å². The van der Waals surface area contributed by atoms with Gasteiger partial charge in [-0.1, -0.05) is 20.8 Å². The molecule has 0 bridgehead atoms. The number of imide groups is 1. The fraction of sp³-hybridized carbons (Fsp3) is 0.611. The molecule has 0 aromatic heterocycles. The zero-order valence-electron chi connectivity index (χ0n) is 16.0. The standard InChI is InChI=1S/C18H26N4O5/c1-18(2,3)12-19-13(23)10-16(26)20-6-8-21(9-7-20)17(27)11-22-14(24)4-5-15(22)25/h4-5H,6-12H2,1-3H3,(H,19,23). The second-order valence-electron chi connectivity index (χ2n) is 7.87. The summed E-state index contributed by atoms with van der Waals surface area (Å²) in [4.78, 5) is 63.4. The predicted molar refractivity (Wildman–Crippen MR) is 96.1 cm³/mol. The van der Waals surface area contributed by atoms with Crippen LogP contribution in [0.2, 0.25) is 0 Å². The minimum Gasteiger partial charge on any atom is -0.355 e. The number of carbonyl (C=O) groups excluding carboxylic acids is 5. The van der Waals surface area contributed by atoms with Crippen molar-refractivity contribution < 1.29 is 24.0 Å². The van der Waals surface area contributed by atoms with Gasteiger partial charge in [-0.2, -0.15) is 0 Å². The number of nitrogens with zero attached hydrogens (tertiary/aromatic N) is 3. The Balaban J connectivity index is 1.75. The van der Waals surface area contributed by atoms with E-state index >= 15 is 0 Å². The van der Waals surface area contributed by atoms with Crippen LogP contribution in [0.4, 0.5) is 0 Å². The van der Waals surface area contributed by atoms with Gasteiger partial charge >= 0.3 is 0 Å². The highest BCUT2D eigenvalue weighted by molar-refractivity contribution is 6.14. The fourth-order valence-corrected chi connectivity index (χ4v) is 2.70. The van der Waals surface area contributed by atoms with Crippen LogP contribution < -0.4 is 5.32 Å². The van der Waals surface area contributed by atoms with E-state index in [0.717, 1.165) is 17.1 Å². The average Bonchev–Trinajstić information content (AvgIpc) is 2.91. The molecule has 148 valence electrons. The Labute approximate surface area is 158 Å². The monoisotopic (exact) mass is 378 g/mol. The molecule has 0 aromatic rings. The molecule has 2 aliphatic heterocycles. The van der Waals surface area contributed by atoms with Crippen LogP contribution >= 0.6 is 0 Å². The molecular weight excluding hydrogens is 352 g/mol. The van der Waals surface area contributed by atoms with E-state index in [-0.39, 0.29) is 36.1 Å². The van der Waals surface area contributed by atoms with Gasteiger partial charge in [0.2, 0.25) is 17.7 Å². The lowest BCUT2D eigenvalue weighted by Gasteiger charge is -2.35. The average molecular weight is 378 g/mol. The molecule has 1 N–H and O–H groups in total. The molecule has 1 saturated heterocycles. The molecule has 2 rings (SSSR count). The summed E-state index contributed by atoms with van der Waals surface area (Å²) in [5, 5.41) is 2.74. The Hall–Kier alpha value is -2.71. The molecule has 0 unspecified atom stereocenters. The van der Waals surface area contributed by atoms with Crippen molar-refractivity contribution >= 4 is 29.5 Å². The van der Waals surface area contributed by atoms with Crippen LogP contribution in [0.1, 0.15) is 27.2 Å². The van der Waals surface area contributed by atoms with Gasteiger partial charge in [0.15, 0.2) is 0 Å². The van der Waals surface area contributed by atoms with Crippen LogP contribution in [-0.2, 0) is 24.0 Å². The van der Waals surface area contributed by atoms with Crippen LogP contribution in [-0.4, -0.2) is 83.5 Å². The number of amides is 5. The highest BCUT2D eigenvalue weighted by Crippen LogP contribution is 2.11. The SMILES string of the molecule is CC(C)(C)CNC(=O)CC(=O)N1CCN(C(=O)CN2C(=O)C=CC2=O)CC1. The third kappa shape index (κ3) is 5.90. The van der Waals surface area contributed by atoms with Crippen LogP contribution in [0, 0.1) is 5.41 Å². The first-order valence-electron chi connectivity index (χ1n) is 8.92. The van der Waals surface area contributed by atoms with Gasteiger partial charge in [-0.25, -0.2) is 0 Å². The summed E-state index contributed by atoms with van der Waals surface area (Å²) in [7, 11) is 0. The first kappa shape index (κ1) is 20.6. The zero-order chi connectivity index (χ0) is 20.2. The largest absolute Gasteiger partial charge is 0.355 e. The van der Waals surface area contributed by atoms with Crippen molar-refractivity contribution in [2.24, 2.45) is 5.41 Å². The van der Waals surface area contributed by atoms with Crippen molar-refractivity contribution in [2.75, 3.05) is 39.3 Å². The molecule has 1 fully saturated rings. The Morgan fingerprint density at radius 1 is 0.926 bits per heavy atom. The molecule has 0 spiro atoms. The number of hydrogen-bond donors (Lipinski definition) is 1. The topological polar surface area (TPSA) is 107 Å². The van der Waals surface area contributed by atoms with Crippen LogP contribution in [0.25, 0.3) is 0 Å². The summed E-state index contributed by atoms with van der Waals surface area (Å²) in [6.07, 6.45) is 2.06. The summed E-state index contributed by atoms with van der Waals surface area (Å²) in [6.45, 7) is 7.41. The third-order valence-electron chi connectivity index (χ3n) is 4.31. The first-order chi connectivity index (χ1) is 12.6. The van der Waals surface area contributed by atoms with Crippen LogP contribution in [0.5, 0.6) is 0 Å². The molecule has 27 heavy (non-hydrogen) atoms. The lowest BCUT2D eigenvalue weighted by Crippen LogP contribution is -2.53. The van der Waals surface area contributed by atoms with Gasteiger partial charge < -0.3 is 15.1 Å². The molecule has 0 aliphatic carbocycles. The van der Waals surface area contributed by atoms with Crippen LogP contribution in [0.15, 0.2) is 12.2 Å². The van der Waals surface area contributed by atoms with E-state index in [1.54, 1.807) is 4.90 Å². The van der Waals surface area contributed by atoms with Crippen molar-refractivity contribution in [3.05, 3.63) is 12.2 Å². The molecule has 2 heterocycles. The summed E-state index contributed by atoms with van der Waals surface area (Å²) in [5.74, 6) is -1.92. The molecule has 0 saturated carbocycles. The molecule has 9 nitrogen and oxygen atoms in total. The van der Waals surface area contributed by atoms with E-state index in [4.69, 9.17) is 0 Å². The Morgan fingerprint density at radius 3 is 1.89 bits per heavy atom. The normalized spacial score (nSPS) is 17.5. The van der Waals surface area contributed by atoms with Gasteiger partial charge in [0.25, 0.3) is 11.8 Å². The highest BCUT2D eigenvalue weighted by Gasteiger charge is 2.30. The maximum Gasteiger partial charge on any atom is 0.254 e. The number of nitrogens with one attached hydrogen (secondary N) is 1. The smallest absolute Gasteiger partial charge is 0.254 e. The summed E-state index contributed by atoms with van der Waals surface area (Å²) in [5.41, 5.74) is -0.0572. The van der Waals surface area contributed by atoms with Crippen LogP contribution in [0.3, 0.4) is 0 Å². The van der Waals surface area contributed by atoms with Gasteiger partial charge in [0, 0.05) is 44.9 Å². The third-order valence-corrected chi connectivity index (χ3v) is 4.31. The van der Waals surface area contributed by atoms with Gasteiger partial charge in [-0.15, -0.1) is 0 Å². The number of rotatable bonds is 5. The fourth-order valence-electron chi connectivity index (χ4n) is 2.70. The van der Waals surface area contributed by atoms with Crippen molar-refractivity contribution in [2.45, 2.75) is 27.2 Å². The van der Waals surface area contributed by atoms with Gasteiger partial charge in [-0.05, 0) is 5.41 Å². The maximum absolute atomic E-state index is 12.3. The minimum absolute atomic E-state index is 0.0572. The van der Waals surface area contributed by atoms with Crippen molar-refractivity contribution in [3.8, 4) is 0 Å².